The molecule has 4 amide bonds. The van der Waals surface area contributed by atoms with Gasteiger partial charge in [0.15, 0.2) is 105 Å². The van der Waals surface area contributed by atoms with Gasteiger partial charge in [-0.05, 0) is 123 Å². The van der Waals surface area contributed by atoms with Gasteiger partial charge in [-0.2, -0.15) is 0 Å². The summed E-state index contributed by atoms with van der Waals surface area (Å²) in [6.45, 7) is 12.8. The number of aromatic nitrogens is 2. The van der Waals surface area contributed by atoms with E-state index in [0.29, 0.717) is 36.4 Å². The van der Waals surface area contributed by atoms with Gasteiger partial charge in [0.05, 0.1) is 0 Å². The van der Waals surface area contributed by atoms with Crippen molar-refractivity contribution in [2.75, 3.05) is 9.80 Å². The average Bonchev–Trinajstić information content (AvgIpc) is 0.693. The predicted octanol–water partition coefficient (Wildman–Crippen LogP) is 15.4. The second-order valence-electron chi connectivity index (χ2n) is 26.9. The molecule has 10 aromatic carbocycles. The van der Waals surface area contributed by atoms with Crippen LogP contribution in [0.4, 0.5) is 143 Å². The van der Waals surface area contributed by atoms with Gasteiger partial charge in [0.2, 0.25) is 0 Å². The molecule has 40 heteroatoms. The molecule has 0 spiro atoms. The van der Waals surface area contributed by atoms with Gasteiger partial charge in [0.25, 0.3) is 23.6 Å². The van der Waals surface area contributed by atoms with Crippen LogP contribution in [0.5, 0.6) is 0 Å². The van der Waals surface area contributed by atoms with Crippen LogP contribution >= 0.6 is 0 Å². The highest BCUT2D eigenvalue weighted by atomic mass is 19.2. The second-order valence-corrected chi connectivity index (χ2v) is 26.9. The number of nitrogens with zero attached hydrogens (tertiary/aromatic N) is 4. The van der Waals surface area contributed by atoms with Gasteiger partial charge >= 0.3 is 12.6 Å². The molecular formula is C78H36B2F30N4O4. The molecule has 0 unspecified atom stereocenters. The zero-order valence-corrected chi connectivity index (χ0v) is 59.3. The maximum absolute atomic E-state index is 16.6. The summed E-state index contributed by atoms with van der Waals surface area (Å²) in [4.78, 5) is 58.9. The van der Waals surface area contributed by atoms with E-state index in [0.717, 1.165) is 0 Å². The maximum Gasteiger partial charge on any atom is 0.377 e. The van der Waals surface area contributed by atoms with Gasteiger partial charge in [0.1, 0.15) is 106 Å². The maximum atomic E-state index is 16.6. The summed E-state index contributed by atoms with van der Waals surface area (Å²) >= 11 is 0. The number of hydrogen-bond acceptors (Lipinski definition) is 4. The fourth-order valence-electron chi connectivity index (χ4n) is 15.1. The number of anilines is 2. The summed E-state index contributed by atoms with van der Waals surface area (Å²) in [6, 6.07) is 16.3. The summed E-state index contributed by atoms with van der Waals surface area (Å²) in [5.41, 5.74) is -17.9. The number of carbonyl (C=O) groups excluding carboxylic acids is 4. The molecule has 2 aliphatic heterocycles. The Labute approximate surface area is 640 Å². The third-order valence-electron chi connectivity index (χ3n) is 19.6. The first-order valence-corrected chi connectivity index (χ1v) is 33.1. The molecule has 12 aromatic rings. The van der Waals surface area contributed by atoms with E-state index in [9.17, 15) is 45.5 Å². The third-order valence-corrected chi connectivity index (χ3v) is 19.6. The van der Waals surface area contributed by atoms with Gasteiger partial charge in [-0.15, -0.1) is 0 Å². The van der Waals surface area contributed by atoms with Crippen LogP contribution in [-0.2, 0) is 0 Å². The van der Waals surface area contributed by atoms with Crippen LogP contribution in [0.3, 0.4) is 0 Å². The van der Waals surface area contributed by atoms with Crippen molar-refractivity contribution in [3.05, 3.63) is 340 Å². The molecule has 0 aliphatic carbocycles. The van der Waals surface area contributed by atoms with Gasteiger partial charge in [-0.1, -0.05) is 69.8 Å². The summed E-state index contributed by atoms with van der Waals surface area (Å²) in [5.74, 6) is -110. The van der Waals surface area contributed by atoms with E-state index in [-0.39, 0.29) is 46.7 Å². The first kappa shape index (κ1) is 84.5. The number of carbonyl (C=O) groups is 4. The first-order chi connectivity index (χ1) is 55.2. The van der Waals surface area contributed by atoms with Gasteiger partial charge in [-0.25, -0.2) is 142 Å². The highest BCUT2D eigenvalue weighted by Crippen LogP contribution is 2.41. The lowest BCUT2D eigenvalue weighted by Gasteiger charge is -2.38. The van der Waals surface area contributed by atoms with E-state index >= 15 is 105 Å². The quantitative estimate of drug-likeness (QED) is 0.0449. The van der Waals surface area contributed by atoms with E-state index < -0.39 is 297 Å². The van der Waals surface area contributed by atoms with Gasteiger partial charge in [0, 0.05) is 33.0 Å². The summed E-state index contributed by atoms with van der Waals surface area (Å²) in [5, 5.41) is -1.80. The number of imide groups is 2. The lowest BCUT2D eigenvalue weighted by molar-refractivity contribution is -0.539. The van der Waals surface area contributed by atoms with E-state index in [1.807, 2.05) is 0 Å². The van der Waals surface area contributed by atoms with Gasteiger partial charge in [-0.3, -0.25) is 19.2 Å². The van der Waals surface area contributed by atoms with Crippen molar-refractivity contribution in [2.45, 2.75) is 41.5 Å². The molecule has 2 aromatic heterocycles. The monoisotopic (exact) mass is 1680 g/mol. The van der Waals surface area contributed by atoms with Crippen LogP contribution in [-0.4, -0.2) is 36.2 Å². The zero-order chi connectivity index (χ0) is 87.2. The van der Waals surface area contributed by atoms with E-state index in [4.69, 9.17) is 0 Å². The lowest BCUT2D eigenvalue weighted by Crippen LogP contribution is -2.88. The van der Waals surface area contributed by atoms with Crippen molar-refractivity contribution in [3.63, 3.8) is 0 Å². The normalized spacial score (nSPS) is 12.8. The minimum Gasteiger partial charge on any atom is -0.413 e. The van der Waals surface area contributed by atoms with Crippen LogP contribution in [0.15, 0.2) is 110 Å². The molecule has 0 bridgehead atoms. The Kier molecular flexibility index (Phi) is 21.7. The molecule has 4 heterocycles. The molecule has 2 aliphatic rings. The summed E-state index contributed by atoms with van der Waals surface area (Å²) in [6.07, 6.45) is -14.0. The Balaban J connectivity index is 0.000000628. The topological polar surface area (TPSA) is 82.5 Å². The Morgan fingerprint density at radius 3 is 0.517 bits per heavy atom. The fraction of sp³-hybridized carbons (Fsp3) is 0.0769. The van der Waals surface area contributed by atoms with Crippen molar-refractivity contribution < 1.29 is 160 Å². The Morgan fingerprint density at radius 1 is 0.220 bits per heavy atom. The van der Waals surface area contributed by atoms with E-state index in [1.54, 1.807) is 0 Å². The second kappa shape index (κ2) is 30.3. The number of rotatable bonds is 10. The molecule has 0 N–H and O–H groups in total. The predicted molar refractivity (Wildman–Crippen MR) is 358 cm³/mol. The third kappa shape index (κ3) is 12.5. The number of benzene rings is 10. The fourth-order valence-corrected chi connectivity index (χ4v) is 15.1. The number of amides is 4. The Hall–Kier alpha value is -12.9. The molecular weight excluding hydrogens is 1650 g/mol. The number of hydrogen-bond donors (Lipinski definition) is 0. The van der Waals surface area contributed by atoms with Crippen LogP contribution in [0.2, 0.25) is 0 Å². The summed E-state index contributed by atoms with van der Waals surface area (Å²) in [7, 11) is 0. The number of pyridine rings is 2. The van der Waals surface area contributed by atoms with Crippen molar-refractivity contribution in [3.8, 4) is 0 Å². The molecule has 0 saturated heterocycles. The Morgan fingerprint density at radius 2 is 0.364 bits per heavy atom. The highest BCUT2D eigenvalue weighted by Gasteiger charge is 2.60. The Bertz CT molecular complexity index is 5440. The molecule has 0 saturated carbocycles. The smallest absolute Gasteiger partial charge is 0.377 e. The van der Waals surface area contributed by atoms with Crippen molar-refractivity contribution in [1.29, 1.82) is 0 Å². The number of aryl methyl sites for hydroxylation is 6. The molecule has 0 radical (unpaired) electrons. The number of halogens is 30. The minimum atomic E-state index is -6.65. The standard InChI is InChI=1S/C60H12B2F30N4O4.2C9H12/c63-27-21(28(64)40(76)51(87)39(27)75)61(22-29(65)41(77)52(88)42(78)30(22)66,23-31(67)43(79)53(89)44(80)32(23)68)93-9-1-3-13(11-93)95-57(97)15-5-7-17-20-18(8-6-16(19(15)20)58(95)98)60(100)96(59(17)99)14-4-2-10-94(12-14)62(24-33(69)45(81)54(90)46(82)34(24)70,25-35(71)47(83)55(91)48(84)36(25)72)26-37(73)49(85)56(92)50(86)38(26)74;2*1-7-4-8(2)6-9(3)5-7/h1-12H;2*4-6H,1-3H3. The van der Waals surface area contributed by atoms with E-state index in [1.165, 1.54) is 33.4 Å². The molecule has 0 atom stereocenters. The van der Waals surface area contributed by atoms with Crippen LogP contribution in [0.1, 0.15) is 74.8 Å². The van der Waals surface area contributed by atoms with Gasteiger partial charge < -0.3 is 8.96 Å². The van der Waals surface area contributed by atoms with Crippen LogP contribution < -0.4 is 51.5 Å². The largest absolute Gasteiger partial charge is 0.413 e. The average molecular weight is 1680 g/mol. The molecule has 14 rings (SSSR count). The molecule has 8 nitrogen and oxygen atoms in total. The zero-order valence-electron chi connectivity index (χ0n) is 59.3. The highest BCUT2D eigenvalue weighted by molar-refractivity contribution is 7.06. The first-order valence-electron chi connectivity index (χ1n) is 33.1. The van der Waals surface area contributed by atoms with Crippen molar-refractivity contribution in [2.24, 2.45) is 0 Å². The molecule has 118 heavy (non-hydrogen) atoms. The van der Waals surface area contributed by atoms with Crippen molar-refractivity contribution >= 4 is 91.1 Å². The van der Waals surface area contributed by atoms with E-state index in [2.05, 4.69) is 77.9 Å². The van der Waals surface area contributed by atoms with Crippen LogP contribution in [0, 0.1) is 216 Å². The van der Waals surface area contributed by atoms with Crippen molar-refractivity contribution in [1.82, 2.24) is 0 Å². The minimum absolute atomic E-state index is 0.0924. The summed E-state index contributed by atoms with van der Waals surface area (Å²) < 4.78 is 472. The molecule has 608 valence electrons. The lowest BCUT2D eigenvalue weighted by atomic mass is 9.23. The SMILES string of the molecule is Cc1cc(C)cc(C)c1.Cc1cc(C)cc(C)c1.O=C1c2ccc3c4c(ccc(c24)C(=O)N1c1ccc[n+]([B-](c2c(F)c(F)c(F)c(F)c2F)(c2c(F)c(F)c(F)c(F)c2F)c2c(F)c(F)c(F)c(F)c2F)c1)C(=O)N(c1ccc[n+]([B-](c2c(F)c(F)c(F)c(F)c2F)(c2c(F)c(F)c(F)c(F)c2F)c2c(F)c(F)c(F)c(F)c2F)c1)C3=O. The van der Waals surface area contributed by atoms with Crippen LogP contribution in [0.25, 0.3) is 10.8 Å². The molecule has 0 fully saturated rings.